The van der Waals surface area contributed by atoms with E-state index in [1.54, 1.807) is 16.2 Å². The van der Waals surface area contributed by atoms with E-state index in [1.165, 1.54) is 4.88 Å². The number of likely N-dealkylation sites (N-methyl/N-ethyl adjacent to an activating group) is 1. The summed E-state index contributed by atoms with van der Waals surface area (Å²) in [6.07, 6.45) is 0.907. The summed E-state index contributed by atoms with van der Waals surface area (Å²) in [4.78, 5) is 14.9. The highest BCUT2D eigenvalue weighted by Crippen LogP contribution is 2.10. The maximum Gasteiger partial charge on any atom is 0.239 e. The molecule has 90 valence electrons. The third-order valence-corrected chi connectivity index (χ3v) is 3.59. The van der Waals surface area contributed by atoms with Gasteiger partial charge >= 0.3 is 0 Å². The van der Waals surface area contributed by atoms with Gasteiger partial charge in [-0.25, -0.2) is 0 Å². The second kappa shape index (κ2) is 6.01. The van der Waals surface area contributed by atoms with Crippen LogP contribution in [0.4, 0.5) is 0 Å². The highest BCUT2D eigenvalue weighted by Gasteiger charge is 2.20. The van der Waals surface area contributed by atoms with Crippen LogP contribution >= 0.6 is 11.3 Å². The minimum Gasteiger partial charge on any atom is -0.344 e. The monoisotopic (exact) mass is 240 g/mol. The lowest BCUT2D eigenvalue weighted by Gasteiger charge is -2.23. The Morgan fingerprint density at radius 3 is 2.75 bits per heavy atom. The molecule has 1 amide bonds. The van der Waals surface area contributed by atoms with Gasteiger partial charge in [0.05, 0.1) is 6.04 Å². The predicted octanol–water partition coefficient (Wildman–Crippen LogP) is 1.73. The Morgan fingerprint density at radius 1 is 1.56 bits per heavy atom. The van der Waals surface area contributed by atoms with E-state index in [2.05, 4.69) is 11.4 Å². The molecule has 16 heavy (non-hydrogen) atoms. The van der Waals surface area contributed by atoms with E-state index in [-0.39, 0.29) is 17.9 Å². The van der Waals surface area contributed by atoms with Gasteiger partial charge in [-0.3, -0.25) is 4.79 Å². The highest BCUT2D eigenvalue weighted by atomic mass is 32.1. The average Bonchev–Trinajstić information content (AvgIpc) is 2.76. The lowest BCUT2D eigenvalue weighted by atomic mass is 10.0. The zero-order valence-electron chi connectivity index (χ0n) is 10.1. The van der Waals surface area contributed by atoms with Gasteiger partial charge in [-0.15, -0.1) is 11.3 Å². The first-order chi connectivity index (χ1) is 7.52. The van der Waals surface area contributed by atoms with Crippen LogP contribution in [0, 0.1) is 5.92 Å². The minimum absolute atomic E-state index is 0.0338. The predicted molar refractivity (Wildman–Crippen MR) is 68.5 cm³/mol. The maximum atomic E-state index is 11.8. The first-order valence-corrected chi connectivity index (χ1v) is 6.43. The van der Waals surface area contributed by atoms with E-state index >= 15 is 0 Å². The van der Waals surface area contributed by atoms with Crippen LogP contribution in [0.1, 0.15) is 18.7 Å². The minimum atomic E-state index is -0.381. The number of carbonyl (C=O) groups excluding carboxylic acids is 1. The summed E-state index contributed by atoms with van der Waals surface area (Å²) in [5.41, 5.74) is 5.82. The number of nitrogens with zero attached hydrogens (tertiary/aromatic N) is 1. The molecule has 0 spiro atoms. The SMILES string of the molecule is CC(C)[C@H](N)C(=O)N(C)CCc1cccs1. The Hall–Kier alpha value is -0.870. The molecule has 0 aliphatic rings. The van der Waals surface area contributed by atoms with Crippen LogP contribution in [0.2, 0.25) is 0 Å². The molecule has 0 radical (unpaired) electrons. The second-order valence-corrected chi connectivity index (χ2v) is 5.39. The van der Waals surface area contributed by atoms with E-state index in [0.717, 1.165) is 13.0 Å². The van der Waals surface area contributed by atoms with Crippen molar-refractivity contribution in [1.29, 1.82) is 0 Å². The van der Waals surface area contributed by atoms with Crippen molar-refractivity contribution in [2.45, 2.75) is 26.3 Å². The van der Waals surface area contributed by atoms with Gasteiger partial charge in [0.25, 0.3) is 0 Å². The van der Waals surface area contributed by atoms with Crippen molar-refractivity contribution in [3.8, 4) is 0 Å². The molecule has 1 aromatic heterocycles. The maximum absolute atomic E-state index is 11.8. The van der Waals surface area contributed by atoms with Crippen molar-refractivity contribution in [3.05, 3.63) is 22.4 Å². The van der Waals surface area contributed by atoms with Crippen molar-refractivity contribution >= 4 is 17.2 Å². The molecule has 0 unspecified atom stereocenters. The van der Waals surface area contributed by atoms with Gasteiger partial charge in [0.1, 0.15) is 0 Å². The lowest BCUT2D eigenvalue weighted by molar-refractivity contribution is -0.132. The fourth-order valence-electron chi connectivity index (χ4n) is 1.38. The normalized spacial score (nSPS) is 12.8. The smallest absolute Gasteiger partial charge is 0.239 e. The second-order valence-electron chi connectivity index (χ2n) is 4.36. The van der Waals surface area contributed by atoms with Gasteiger partial charge in [-0.05, 0) is 23.8 Å². The van der Waals surface area contributed by atoms with Gasteiger partial charge in [-0.2, -0.15) is 0 Å². The fraction of sp³-hybridized carbons (Fsp3) is 0.583. The van der Waals surface area contributed by atoms with Crippen LogP contribution in [0.5, 0.6) is 0 Å². The molecule has 0 aliphatic carbocycles. The zero-order valence-corrected chi connectivity index (χ0v) is 11.0. The topological polar surface area (TPSA) is 46.3 Å². The summed E-state index contributed by atoms with van der Waals surface area (Å²) in [7, 11) is 1.82. The number of rotatable bonds is 5. The molecule has 0 saturated carbocycles. The van der Waals surface area contributed by atoms with Crippen LogP contribution in [0.3, 0.4) is 0 Å². The van der Waals surface area contributed by atoms with Crippen molar-refractivity contribution in [1.82, 2.24) is 4.90 Å². The third-order valence-electron chi connectivity index (χ3n) is 2.65. The van der Waals surface area contributed by atoms with Gasteiger partial charge in [-0.1, -0.05) is 19.9 Å². The van der Waals surface area contributed by atoms with E-state index in [0.29, 0.717) is 0 Å². The van der Waals surface area contributed by atoms with E-state index < -0.39 is 0 Å². The molecule has 1 atom stereocenters. The van der Waals surface area contributed by atoms with Crippen LogP contribution in [0.15, 0.2) is 17.5 Å². The number of hydrogen-bond acceptors (Lipinski definition) is 3. The standard InChI is InChI=1S/C12H20N2OS/c1-9(2)11(13)12(15)14(3)7-6-10-5-4-8-16-10/h4-5,8-9,11H,6-7,13H2,1-3H3/t11-/m0/s1. The highest BCUT2D eigenvalue weighted by molar-refractivity contribution is 7.09. The lowest BCUT2D eigenvalue weighted by Crippen LogP contribution is -2.45. The molecule has 0 fully saturated rings. The van der Waals surface area contributed by atoms with Crippen LogP contribution in [-0.2, 0) is 11.2 Å². The Morgan fingerprint density at radius 2 is 2.25 bits per heavy atom. The summed E-state index contributed by atoms with van der Waals surface area (Å²) in [6.45, 7) is 4.67. The quantitative estimate of drug-likeness (QED) is 0.852. The van der Waals surface area contributed by atoms with Crippen LogP contribution < -0.4 is 5.73 Å². The summed E-state index contributed by atoms with van der Waals surface area (Å²) in [5, 5.41) is 2.05. The molecule has 0 bridgehead atoms. The molecule has 1 rings (SSSR count). The van der Waals surface area contributed by atoms with Gasteiger partial charge in [0.15, 0.2) is 0 Å². The van der Waals surface area contributed by atoms with Crippen molar-refractivity contribution in [2.75, 3.05) is 13.6 Å². The van der Waals surface area contributed by atoms with Crippen LogP contribution in [0.25, 0.3) is 0 Å². The number of nitrogens with two attached hydrogens (primary N) is 1. The third kappa shape index (κ3) is 3.61. The van der Waals surface area contributed by atoms with Gasteiger partial charge < -0.3 is 10.6 Å². The Kier molecular flexibility index (Phi) is 4.96. The fourth-order valence-corrected chi connectivity index (χ4v) is 2.08. The molecule has 0 aliphatic heterocycles. The first-order valence-electron chi connectivity index (χ1n) is 5.55. The van der Waals surface area contributed by atoms with Gasteiger partial charge in [0.2, 0.25) is 5.91 Å². The number of hydrogen-bond donors (Lipinski definition) is 1. The van der Waals surface area contributed by atoms with E-state index in [1.807, 2.05) is 27.0 Å². The molecule has 4 heteroatoms. The summed E-state index contributed by atoms with van der Waals surface area (Å²) < 4.78 is 0. The Labute approximate surface area is 101 Å². The largest absolute Gasteiger partial charge is 0.344 e. The molecule has 0 saturated heterocycles. The zero-order chi connectivity index (χ0) is 12.1. The summed E-state index contributed by atoms with van der Waals surface area (Å²) in [5.74, 6) is 0.225. The molecule has 1 heterocycles. The van der Waals surface area contributed by atoms with Crippen molar-refractivity contribution < 1.29 is 4.79 Å². The van der Waals surface area contributed by atoms with Crippen molar-refractivity contribution in [2.24, 2.45) is 11.7 Å². The van der Waals surface area contributed by atoms with Crippen molar-refractivity contribution in [3.63, 3.8) is 0 Å². The summed E-state index contributed by atoms with van der Waals surface area (Å²) in [6, 6.07) is 3.74. The first kappa shape index (κ1) is 13.2. The Balaban J connectivity index is 2.40. The molecule has 2 N–H and O–H groups in total. The molecule has 1 aromatic rings. The number of amides is 1. The summed E-state index contributed by atoms with van der Waals surface area (Å²) >= 11 is 1.72. The average molecular weight is 240 g/mol. The number of thiophene rings is 1. The number of carbonyl (C=O) groups is 1. The molecular formula is C12H20N2OS. The van der Waals surface area contributed by atoms with E-state index in [4.69, 9.17) is 5.73 Å². The van der Waals surface area contributed by atoms with Crippen LogP contribution in [-0.4, -0.2) is 30.4 Å². The van der Waals surface area contributed by atoms with E-state index in [9.17, 15) is 4.79 Å². The Bertz CT molecular complexity index is 322. The molecule has 3 nitrogen and oxygen atoms in total. The molecule has 0 aromatic carbocycles. The van der Waals surface area contributed by atoms with Gasteiger partial charge in [0, 0.05) is 18.5 Å². The molecular weight excluding hydrogens is 220 g/mol.